The molecule has 2 aromatic carbocycles. The van der Waals surface area contributed by atoms with E-state index in [9.17, 15) is 9.59 Å². The molecule has 0 spiro atoms. The van der Waals surface area contributed by atoms with E-state index < -0.39 is 0 Å². The molecule has 144 valence electrons. The molecule has 2 amide bonds. The van der Waals surface area contributed by atoms with Gasteiger partial charge in [-0.25, -0.2) is 4.98 Å². The fourth-order valence-corrected chi connectivity index (χ4v) is 3.82. The van der Waals surface area contributed by atoms with Crippen molar-refractivity contribution in [3.05, 3.63) is 69.7 Å². The molecule has 5 nitrogen and oxygen atoms in total. The largest absolute Gasteiger partial charge is 0.342 e. The average molecular weight is 394 g/mol. The molecule has 0 unspecified atom stereocenters. The van der Waals surface area contributed by atoms with Crippen LogP contribution in [-0.4, -0.2) is 23.3 Å². The molecule has 2 N–H and O–H groups in total. The minimum atomic E-state index is -0.359. The Labute approximate surface area is 168 Å². The Bertz CT molecular complexity index is 1000. The summed E-state index contributed by atoms with van der Waals surface area (Å²) in [7, 11) is 0. The van der Waals surface area contributed by atoms with Crippen LogP contribution in [0.2, 0.25) is 0 Å². The van der Waals surface area contributed by atoms with Gasteiger partial charge in [-0.15, -0.1) is 11.3 Å². The van der Waals surface area contributed by atoms with E-state index >= 15 is 0 Å². The van der Waals surface area contributed by atoms with Gasteiger partial charge in [0.2, 0.25) is 5.91 Å². The molecule has 6 heteroatoms. The van der Waals surface area contributed by atoms with Crippen molar-refractivity contribution in [2.45, 2.75) is 27.7 Å². The lowest BCUT2D eigenvalue weighted by Crippen LogP contribution is -2.33. The van der Waals surface area contributed by atoms with Crippen molar-refractivity contribution in [3.8, 4) is 10.6 Å². The van der Waals surface area contributed by atoms with E-state index in [-0.39, 0.29) is 18.4 Å². The highest BCUT2D eigenvalue weighted by Crippen LogP contribution is 2.24. The average Bonchev–Trinajstić information content (AvgIpc) is 3.13. The second kappa shape index (κ2) is 8.35. The van der Waals surface area contributed by atoms with E-state index in [1.807, 2.05) is 64.1 Å². The third kappa shape index (κ3) is 4.64. The van der Waals surface area contributed by atoms with Crippen molar-refractivity contribution < 1.29 is 9.59 Å². The lowest BCUT2D eigenvalue weighted by atomic mass is 10.1. The van der Waals surface area contributed by atoms with Crippen LogP contribution in [0.4, 0.5) is 5.69 Å². The second-order valence-electron chi connectivity index (χ2n) is 6.91. The summed E-state index contributed by atoms with van der Waals surface area (Å²) in [5, 5.41) is 8.00. The first-order valence-electron chi connectivity index (χ1n) is 9.02. The fraction of sp³-hybridized carbons (Fsp3) is 0.227. The molecule has 1 aromatic heterocycles. The van der Waals surface area contributed by atoms with E-state index in [0.29, 0.717) is 5.69 Å². The van der Waals surface area contributed by atoms with Gasteiger partial charge in [-0.1, -0.05) is 47.5 Å². The van der Waals surface area contributed by atoms with E-state index in [1.54, 1.807) is 5.38 Å². The van der Waals surface area contributed by atoms with Crippen LogP contribution in [0.15, 0.2) is 41.8 Å². The van der Waals surface area contributed by atoms with Crippen LogP contribution < -0.4 is 10.6 Å². The number of aryl methyl sites for hydroxylation is 4. The van der Waals surface area contributed by atoms with Crippen molar-refractivity contribution in [1.29, 1.82) is 0 Å². The Morgan fingerprint density at radius 1 is 0.964 bits per heavy atom. The third-order valence-corrected chi connectivity index (χ3v) is 5.28. The predicted molar refractivity (Wildman–Crippen MR) is 114 cm³/mol. The Morgan fingerprint density at radius 3 is 2.25 bits per heavy atom. The highest BCUT2D eigenvalue weighted by atomic mass is 32.1. The summed E-state index contributed by atoms with van der Waals surface area (Å²) in [6, 6.07) is 12.0. The smallest absolute Gasteiger partial charge is 0.271 e. The zero-order valence-corrected chi connectivity index (χ0v) is 17.2. The van der Waals surface area contributed by atoms with Crippen molar-refractivity contribution in [3.63, 3.8) is 0 Å². The first-order chi connectivity index (χ1) is 13.3. The predicted octanol–water partition coefficient (Wildman–Crippen LogP) is 4.41. The van der Waals surface area contributed by atoms with Crippen molar-refractivity contribution >= 4 is 28.8 Å². The maximum atomic E-state index is 12.3. The molecule has 0 saturated heterocycles. The number of rotatable bonds is 5. The van der Waals surface area contributed by atoms with E-state index in [2.05, 4.69) is 15.6 Å². The number of nitrogens with zero attached hydrogens (tertiary/aromatic N) is 1. The molecule has 0 atom stereocenters. The van der Waals surface area contributed by atoms with E-state index in [1.165, 1.54) is 16.9 Å². The molecule has 0 aliphatic heterocycles. The van der Waals surface area contributed by atoms with Gasteiger partial charge >= 0.3 is 0 Å². The molecule has 0 aliphatic carbocycles. The van der Waals surface area contributed by atoms with Gasteiger partial charge in [0.25, 0.3) is 5.91 Å². The molecular weight excluding hydrogens is 370 g/mol. The highest BCUT2D eigenvalue weighted by Gasteiger charge is 2.14. The summed E-state index contributed by atoms with van der Waals surface area (Å²) in [5.41, 5.74) is 6.39. The van der Waals surface area contributed by atoms with E-state index in [4.69, 9.17) is 0 Å². The second-order valence-corrected chi connectivity index (χ2v) is 7.77. The topological polar surface area (TPSA) is 71.1 Å². The van der Waals surface area contributed by atoms with Crippen LogP contribution in [0.25, 0.3) is 10.6 Å². The van der Waals surface area contributed by atoms with Crippen molar-refractivity contribution in [2.24, 2.45) is 0 Å². The van der Waals surface area contributed by atoms with Crippen LogP contribution in [0, 0.1) is 27.7 Å². The molecule has 0 bridgehead atoms. The van der Waals surface area contributed by atoms with Gasteiger partial charge in [0.1, 0.15) is 10.7 Å². The third-order valence-electron chi connectivity index (χ3n) is 4.39. The number of aromatic nitrogens is 1. The summed E-state index contributed by atoms with van der Waals surface area (Å²) in [4.78, 5) is 29.0. The Morgan fingerprint density at radius 2 is 1.61 bits per heavy atom. The van der Waals surface area contributed by atoms with Crippen LogP contribution in [0.3, 0.4) is 0 Å². The first kappa shape index (κ1) is 19.8. The molecule has 0 fully saturated rings. The van der Waals surface area contributed by atoms with E-state index in [0.717, 1.165) is 32.9 Å². The standard InChI is InChI=1S/C22H23N3O2S/c1-13-5-7-17(8-6-13)22-24-18(12-28-22)21(27)23-11-19(26)25-20-15(3)9-14(2)10-16(20)4/h5-10,12H,11H2,1-4H3,(H,23,27)(H,25,26). The van der Waals surface area contributed by atoms with Crippen LogP contribution in [0.5, 0.6) is 0 Å². The molecule has 1 heterocycles. The quantitative estimate of drug-likeness (QED) is 0.674. The zero-order valence-electron chi connectivity index (χ0n) is 16.4. The summed E-state index contributed by atoms with van der Waals surface area (Å²) in [5.74, 6) is -0.625. The fourth-order valence-electron chi connectivity index (χ4n) is 3.02. The van der Waals surface area contributed by atoms with Gasteiger partial charge in [-0.3, -0.25) is 9.59 Å². The number of hydrogen-bond donors (Lipinski definition) is 2. The number of benzene rings is 2. The number of thiazole rings is 1. The molecule has 0 aliphatic rings. The summed E-state index contributed by atoms with van der Waals surface area (Å²) in [6.45, 7) is 7.84. The van der Waals surface area contributed by atoms with Crippen molar-refractivity contribution in [1.82, 2.24) is 10.3 Å². The molecule has 3 aromatic rings. The van der Waals surface area contributed by atoms with Crippen LogP contribution in [0.1, 0.15) is 32.7 Å². The number of carbonyl (C=O) groups is 2. The molecule has 3 rings (SSSR count). The number of nitrogens with one attached hydrogen (secondary N) is 2. The SMILES string of the molecule is Cc1ccc(-c2nc(C(=O)NCC(=O)Nc3c(C)cc(C)cc3C)cs2)cc1. The number of amides is 2. The molecular formula is C22H23N3O2S. The molecule has 0 saturated carbocycles. The first-order valence-corrected chi connectivity index (χ1v) is 9.90. The molecule has 0 radical (unpaired) electrons. The van der Waals surface area contributed by atoms with Gasteiger partial charge in [0.15, 0.2) is 0 Å². The summed E-state index contributed by atoms with van der Waals surface area (Å²) >= 11 is 1.41. The summed E-state index contributed by atoms with van der Waals surface area (Å²) < 4.78 is 0. The summed E-state index contributed by atoms with van der Waals surface area (Å²) in [6.07, 6.45) is 0. The van der Waals surface area contributed by atoms with Crippen LogP contribution in [-0.2, 0) is 4.79 Å². The van der Waals surface area contributed by atoms with Gasteiger partial charge < -0.3 is 10.6 Å². The van der Waals surface area contributed by atoms with Gasteiger partial charge in [-0.2, -0.15) is 0 Å². The Kier molecular flexibility index (Phi) is 5.90. The molecule has 28 heavy (non-hydrogen) atoms. The number of carbonyl (C=O) groups excluding carboxylic acids is 2. The number of hydrogen-bond acceptors (Lipinski definition) is 4. The Balaban J connectivity index is 1.60. The maximum Gasteiger partial charge on any atom is 0.271 e. The lowest BCUT2D eigenvalue weighted by molar-refractivity contribution is -0.115. The minimum Gasteiger partial charge on any atom is -0.342 e. The van der Waals surface area contributed by atoms with Gasteiger partial charge in [0, 0.05) is 16.6 Å². The lowest BCUT2D eigenvalue weighted by Gasteiger charge is -2.13. The van der Waals surface area contributed by atoms with Crippen LogP contribution >= 0.6 is 11.3 Å². The van der Waals surface area contributed by atoms with Gasteiger partial charge in [0.05, 0.1) is 6.54 Å². The number of anilines is 1. The monoisotopic (exact) mass is 393 g/mol. The zero-order chi connectivity index (χ0) is 20.3. The Hall–Kier alpha value is -2.99. The highest BCUT2D eigenvalue weighted by molar-refractivity contribution is 7.13. The normalized spacial score (nSPS) is 10.6. The van der Waals surface area contributed by atoms with Gasteiger partial charge in [-0.05, 0) is 38.8 Å². The maximum absolute atomic E-state index is 12.3. The minimum absolute atomic E-state index is 0.108. The van der Waals surface area contributed by atoms with Crippen molar-refractivity contribution in [2.75, 3.05) is 11.9 Å².